The number of rotatable bonds is 9. The zero-order chi connectivity index (χ0) is 27.2. The summed E-state index contributed by atoms with van der Waals surface area (Å²) in [6.45, 7) is 6.00. The number of nitrogens with zero attached hydrogens (tertiary/aromatic N) is 5. The number of amides is 2. The molecule has 3 aromatic rings. The summed E-state index contributed by atoms with van der Waals surface area (Å²) >= 11 is 0. The Labute approximate surface area is 230 Å². The Bertz CT molecular complexity index is 1290. The predicted octanol–water partition coefficient (Wildman–Crippen LogP) is 2.51. The van der Waals surface area contributed by atoms with Gasteiger partial charge in [0.15, 0.2) is 0 Å². The lowest BCUT2D eigenvalue weighted by molar-refractivity contribution is -0.141. The number of carbonyl (C=O) groups is 2. The van der Waals surface area contributed by atoms with Gasteiger partial charge in [0.2, 0.25) is 11.8 Å². The van der Waals surface area contributed by atoms with Crippen molar-refractivity contribution in [2.75, 3.05) is 63.2 Å². The molecule has 0 bridgehead atoms. The van der Waals surface area contributed by atoms with Crippen LogP contribution in [0, 0.1) is 0 Å². The van der Waals surface area contributed by atoms with Crippen LogP contribution in [0.5, 0.6) is 5.75 Å². The van der Waals surface area contributed by atoms with Crippen LogP contribution in [0.4, 0.5) is 11.4 Å². The van der Waals surface area contributed by atoms with Gasteiger partial charge < -0.3 is 29.7 Å². The summed E-state index contributed by atoms with van der Waals surface area (Å²) in [6.07, 6.45) is 1.77. The van der Waals surface area contributed by atoms with E-state index >= 15 is 0 Å². The summed E-state index contributed by atoms with van der Waals surface area (Å²) < 4.78 is 5.45. The third-order valence-corrected chi connectivity index (χ3v) is 7.33. The fourth-order valence-electron chi connectivity index (χ4n) is 5.02. The number of methoxy groups -OCH3 is 1. The summed E-state index contributed by atoms with van der Waals surface area (Å²) in [5.41, 5.74) is 5.34. The Morgan fingerprint density at radius 3 is 2.49 bits per heavy atom. The molecule has 2 fully saturated rings. The van der Waals surface area contributed by atoms with Crippen LogP contribution in [0.25, 0.3) is 0 Å². The number of benzene rings is 2. The second-order valence-electron chi connectivity index (χ2n) is 10.2. The molecule has 9 nitrogen and oxygen atoms in total. The van der Waals surface area contributed by atoms with Gasteiger partial charge in [-0.25, -0.2) is 0 Å². The highest BCUT2D eigenvalue weighted by atomic mass is 16.5. The molecule has 0 aliphatic carbocycles. The Morgan fingerprint density at radius 1 is 0.949 bits per heavy atom. The number of carbonyl (C=O) groups excluding carboxylic acids is 2. The van der Waals surface area contributed by atoms with Gasteiger partial charge in [0.25, 0.3) is 0 Å². The van der Waals surface area contributed by atoms with Gasteiger partial charge in [-0.2, -0.15) is 0 Å². The molecule has 0 radical (unpaired) electrons. The predicted molar refractivity (Wildman–Crippen MR) is 152 cm³/mol. The summed E-state index contributed by atoms with van der Waals surface area (Å²) in [6, 6.07) is 21.0. The van der Waals surface area contributed by atoms with Gasteiger partial charge in [-0.1, -0.05) is 24.3 Å². The van der Waals surface area contributed by atoms with Crippen LogP contribution in [0.15, 0.2) is 66.9 Å². The smallest absolute Gasteiger partial charge is 0.242 e. The second kappa shape index (κ2) is 12.2. The van der Waals surface area contributed by atoms with Gasteiger partial charge in [-0.15, -0.1) is 0 Å². The SMILES string of the molecule is COc1cccc(CN(Cc2ccc(N3CCN(C)CC3)cc2)c2ccnc(CN3CC(=O)NCC3=O)c2)c1. The van der Waals surface area contributed by atoms with Gasteiger partial charge in [-0.05, 0) is 54.6 Å². The maximum atomic E-state index is 12.3. The van der Waals surface area contributed by atoms with E-state index in [1.54, 1.807) is 18.2 Å². The molecule has 2 amide bonds. The molecule has 204 valence electrons. The van der Waals surface area contributed by atoms with Crippen molar-refractivity contribution in [3.05, 3.63) is 83.7 Å². The van der Waals surface area contributed by atoms with Crippen molar-refractivity contribution >= 4 is 23.2 Å². The van der Waals surface area contributed by atoms with Crippen molar-refractivity contribution in [1.82, 2.24) is 20.1 Å². The minimum atomic E-state index is -0.148. The maximum absolute atomic E-state index is 12.3. The molecule has 2 aliphatic rings. The average molecular weight is 529 g/mol. The molecule has 1 N–H and O–H groups in total. The number of nitrogens with one attached hydrogen (secondary N) is 1. The standard InChI is InChI=1S/C30H36N6O3/c1-33-12-14-34(15-13-33)26-8-6-23(7-9-26)19-35(20-24-4-3-5-28(16-24)39-2)27-10-11-31-25(17-27)21-36-22-29(37)32-18-30(36)38/h3-11,16-17H,12-15,18-22H2,1-2H3,(H,32,37). The first-order chi connectivity index (χ1) is 19.0. The molecule has 2 aliphatic heterocycles. The van der Waals surface area contributed by atoms with Crippen LogP contribution in [0.1, 0.15) is 16.8 Å². The van der Waals surface area contributed by atoms with Crippen LogP contribution in [0.2, 0.25) is 0 Å². The van der Waals surface area contributed by atoms with Gasteiger partial charge in [-0.3, -0.25) is 14.6 Å². The van der Waals surface area contributed by atoms with Gasteiger partial charge in [0.1, 0.15) is 5.75 Å². The van der Waals surface area contributed by atoms with Gasteiger partial charge in [0, 0.05) is 56.8 Å². The van der Waals surface area contributed by atoms with Crippen LogP contribution in [0.3, 0.4) is 0 Å². The summed E-state index contributed by atoms with van der Waals surface area (Å²) in [5.74, 6) is 0.571. The van der Waals surface area contributed by atoms with Crippen LogP contribution >= 0.6 is 0 Å². The molecule has 9 heteroatoms. The highest BCUT2D eigenvalue weighted by Crippen LogP contribution is 2.25. The molecule has 0 spiro atoms. The molecule has 2 aromatic carbocycles. The highest BCUT2D eigenvalue weighted by molar-refractivity contribution is 5.92. The number of hydrogen-bond acceptors (Lipinski definition) is 7. The van der Waals surface area contributed by atoms with E-state index in [9.17, 15) is 9.59 Å². The molecule has 39 heavy (non-hydrogen) atoms. The van der Waals surface area contributed by atoms with Gasteiger partial charge >= 0.3 is 0 Å². The first-order valence-electron chi connectivity index (χ1n) is 13.4. The Balaban J connectivity index is 1.36. The molecule has 0 saturated carbocycles. The molecular weight excluding hydrogens is 492 g/mol. The molecule has 2 saturated heterocycles. The van der Waals surface area contributed by atoms with E-state index in [2.05, 4.69) is 68.4 Å². The highest BCUT2D eigenvalue weighted by Gasteiger charge is 2.23. The molecule has 0 unspecified atom stereocenters. The van der Waals surface area contributed by atoms with Crippen molar-refractivity contribution < 1.29 is 14.3 Å². The van der Waals surface area contributed by atoms with Crippen molar-refractivity contribution in [3.8, 4) is 5.75 Å². The van der Waals surface area contributed by atoms with E-state index in [1.807, 2.05) is 24.3 Å². The van der Waals surface area contributed by atoms with E-state index in [0.29, 0.717) is 19.6 Å². The summed E-state index contributed by atoms with van der Waals surface area (Å²) in [7, 11) is 3.85. The number of anilines is 2. The second-order valence-corrected chi connectivity index (χ2v) is 10.2. The third kappa shape index (κ3) is 6.86. The topological polar surface area (TPSA) is 81.2 Å². The number of aromatic nitrogens is 1. The number of likely N-dealkylation sites (N-methyl/N-ethyl adjacent to an activating group) is 1. The molecule has 1 aromatic heterocycles. The summed E-state index contributed by atoms with van der Waals surface area (Å²) in [5, 5.41) is 2.59. The van der Waals surface area contributed by atoms with Crippen LogP contribution in [-0.4, -0.2) is 80.0 Å². The van der Waals surface area contributed by atoms with E-state index < -0.39 is 0 Å². The first-order valence-corrected chi connectivity index (χ1v) is 13.4. The zero-order valence-corrected chi connectivity index (χ0v) is 22.7. The lowest BCUT2D eigenvalue weighted by Crippen LogP contribution is -2.51. The average Bonchev–Trinajstić information content (AvgIpc) is 2.96. The van der Waals surface area contributed by atoms with Crippen LogP contribution in [-0.2, 0) is 29.2 Å². The molecule has 0 atom stereocenters. The normalized spacial score (nSPS) is 16.3. The van der Waals surface area contributed by atoms with E-state index in [4.69, 9.17) is 4.74 Å². The molecular formula is C30H36N6O3. The molecule has 3 heterocycles. The summed E-state index contributed by atoms with van der Waals surface area (Å²) in [4.78, 5) is 37.3. The first kappa shape index (κ1) is 26.5. The number of ether oxygens (including phenoxy) is 1. The van der Waals surface area contributed by atoms with Crippen molar-refractivity contribution in [2.45, 2.75) is 19.6 Å². The van der Waals surface area contributed by atoms with Crippen molar-refractivity contribution in [3.63, 3.8) is 0 Å². The number of hydrogen-bond donors (Lipinski definition) is 1. The van der Waals surface area contributed by atoms with Crippen molar-refractivity contribution in [2.24, 2.45) is 0 Å². The van der Waals surface area contributed by atoms with E-state index in [-0.39, 0.29) is 24.9 Å². The molecule has 5 rings (SSSR count). The minimum Gasteiger partial charge on any atom is -0.497 e. The number of pyridine rings is 1. The fourth-order valence-corrected chi connectivity index (χ4v) is 5.02. The zero-order valence-electron chi connectivity index (χ0n) is 22.7. The lowest BCUT2D eigenvalue weighted by atomic mass is 10.1. The van der Waals surface area contributed by atoms with Crippen LogP contribution < -0.4 is 19.9 Å². The quantitative estimate of drug-likeness (QED) is 0.457. The Morgan fingerprint density at radius 2 is 1.72 bits per heavy atom. The fraction of sp³-hybridized carbons (Fsp3) is 0.367. The minimum absolute atomic E-state index is 0.0324. The third-order valence-electron chi connectivity index (χ3n) is 7.33. The monoisotopic (exact) mass is 528 g/mol. The largest absolute Gasteiger partial charge is 0.497 e. The van der Waals surface area contributed by atoms with E-state index in [0.717, 1.165) is 48.9 Å². The van der Waals surface area contributed by atoms with Crippen molar-refractivity contribution in [1.29, 1.82) is 0 Å². The Kier molecular flexibility index (Phi) is 8.27. The lowest BCUT2D eigenvalue weighted by Gasteiger charge is -2.34. The maximum Gasteiger partial charge on any atom is 0.242 e. The Hall–Kier alpha value is -4.11. The number of piperazine rings is 2. The van der Waals surface area contributed by atoms with E-state index in [1.165, 1.54) is 11.3 Å². The van der Waals surface area contributed by atoms with Gasteiger partial charge in [0.05, 0.1) is 32.4 Å².